The van der Waals surface area contributed by atoms with Gasteiger partial charge in [-0.2, -0.15) is 0 Å². The van der Waals surface area contributed by atoms with Crippen molar-refractivity contribution in [2.45, 2.75) is 52.6 Å². The fraction of sp³-hybridized carbons (Fsp3) is 0.481. The molecule has 1 fully saturated rings. The molecule has 2 N–H and O–H groups in total. The number of amides is 1. The van der Waals surface area contributed by atoms with Gasteiger partial charge in [-0.3, -0.25) is 14.5 Å². The minimum Gasteiger partial charge on any atom is -0.496 e. The SMILES string of the molecule is COc1cc(C)[nH]c(=O)c1CNC(=O)c1c(C)n([C@@H](C)C2CCN(CC(F)F)CC2)c2ccccc12. The van der Waals surface area contributed by atoms with Crippen LogP contribution in [0.5, 0.6) is 5.75 Å². The Balaban J connectivity index is 1.59. The summed E-state index contributed by atoms with van der Waals surface area (Å²) in [4.78, 5) is 30.5. The third-order valence-corrected chi connectivity index (χ3v) is 7.38. The van der Waals surface area contributed by atoms with Crippen molar-refractivity contribution in [1.82, 2.24) is 19.8 Å². The average molecular weight is 501 g/mol. The van der Waals surface area contributed by atoms with Gasteiger partial charge in [0.2, 0.25) is 0 Å². The number of ether oxygens (including phenoxy) is 1. The van der Waals surface area contributed by atoms with Crippen LogP contribution in [0.15, 0.2) is 35.1 Å². The number of fused-ring (bicyclic) bond motifs is 1. The van der Waals surface area contributed by atoms with E-state index in [4.69, 9.17) is 4.74 Å². The Bertz CT molecular complexity index is 1290. The highest BCUT2D eigenvalue weighted by molar-refractivity contribution is 6.08. The molecule has 2 aromatic heterocycles. The number of piperidine rings is 1. The van der Waals surface area contributed by atoms with E-state index in [0.29, 0.717) is 41.6 Å². The van der Waals surface area contributed by atoms with Gasteiger partial charge in [-0.15, -0.1) is 0 Å². The Morgan fingerprint density at radius 1 is 1.22 bits per heavy atom. The van der Waals surface area contributed by atoms with Crippen LogP contribution in [0.2, 0.25) is 0 Å². The Morgan fingerprint density at radius 3 is 2.58 bits per heavy atom. The van der Waals surface area contributed by atoms with Crippen LogP contribution in [0.3, 0.4) is 0 Å². The number of carbonyl (C=O) groups is 1. The van der Waals surface area contributed by atoms with Gasteiger partial charge >= 0.3 is 0 Å². The van der Waals surface area contributed by atoms with E-state index < -0.39 is 6.43 Å². The molecule has 0 bridgehead atoms. The lowest BCUT2D eigenvalue weighted by Crippen LogP contribution is -2.38. The van der Waals surface area contributed by atoms with Crippen molar-refractivity contribution in [2.75, 3.05) is 26.7 Å². The summed E-state index contributed by atoms with van der Waals surface area (Å²) in [6.45, 7) is 7.02. The molecule has 36 heavy (non-hydrogen) atoms. The zero-order valence-electron chi connectivity index (χ0n) is 21.2. The van der Waals surface area contributed by atoms with E-state index >= 15 is 0 Å². The van der Waals surface area contributed by atoms with Gasteiger partial charge < -0.3 is 19.6 Å². The summed E-state index contributed by atoms with van der Waals surface area (Å²) in [5, 5.41) is 3.76. The molecule has 9 heteroatoms. The molecule has 1 aliphatic rings. The van der Waals surface area contributed by atoms with Crippen molar-refractivity contribution in [3.8, 4) is 5.75 Å². The molecule has 1 saturated heterocycles. The number of para-hydroxylation sites is 1. The second-order valence-corrected chi connectivity index (χ2v) is 9.63. The van der Waals surface area contributed by atoms with Crippen molar-refractivity contribution in [1.29, 1.82) is 0 Å². The second-order valence-electron chi connectivity index (χ2n) is 9.63. The number of aryl methyl sites for hydroxylation is 1. The summed E-state index contributed by atoms with van der Waals surface area (Å²) in [6, 6.07) is 9.64. The lowest BCUT2D eigenvalue weighted by molar-refractivity contribution is 0.0631. The molecule has 3 heterocycles. The monoisotopic (exact) mass is 500 g/mol. The highest BCUT2D eigenvalue weighted by Crippen LogP contribution is 2.35. The molecule has 0 spiro atoms. The largest absolute Gasteiger partial charge is 0.496 e. The number of H-pyrrole nitrogens is 1. The maximum Gasteiger partial charge on any atom is 0.256 e. The molecule has 3 aromatic rings. The quantitative estimate of drug-likeness (QED) is 0.480. The number of nitrogens with zero attached hydrogens (tertiary/aromatic N) is 2. The van der Waals surface area contributed by atoms with Crippen LogP contribution in [-0.4, -0.2) is 53.5 Å². The van der Waals surface area contributed by atoms with E-state index in [9.17, 15) is 18.4 Å². The van der Waals surface area contributed by atoms with Gasteiger partial charge in [-0.05, 0) is 64.8 Å². The number of carbonyl (C=O) groups excluding carboxylic acids is 1. The Labute approximate surface area is 209 Å². The van der Waals surface area contributed by atoms with Gasteiger partial charge in [0.1, 0.15) is 5.75 Å². The van der Waals surface area contributed by atoms with Crippen molar-refractivity contribution in [3.63, 3.8) is 0 Å². The first-order valence-corrected chi connectivity index (χ1v) is 12.4. The van der Waals surface area contributed by atoms with Crippen LogP contribution in [0.4, 0.5) is 8.78 Å². The molecule has 0 unspecified atom stereocenters. The number of alkyl halides is 2. The standard InChI is InChI=1S/C27H34F2N4O3/c1-16-13-23(36-4)21(26(34)31-16)14-30-27(35)25-18(3)33(22-8-6-5-7-20(22)25)17(2)19-9-11-32(12-10-19)15-24(28)29/h5-8,13,17,19,24H,9-12,14-15H2,1-4H3,(H,30,35)(H,31,34)/t17-/m0/s1. The van der Waals surface area contributed by atoms with E-state index in [1.54, 1.807) is 13.0 Å². The van der Waals surface area contributed by atoms with E-state index in [-0.39, 0.29) is 30.6 Å². The summed E-state index contributed by atoms with van der Waals surface area (Å²) < 4.78 is 33.1. The first-order chi connectivity index (χ1) is 17.2. The molecule has 7 nitrogen and oxygen atoms in total. The lowest BCUT2D eigenvalue weighted by atomic mass is 9.90. The maximum absolute atomic E-state index is 13.4. The van der Waals surface area contributed by atoms with E-state index in [2.05, 4.69) is 21.8 Å². The van der Waals surface area contributed by atoms with Crippen LogP contribution < -0.4 is 15.6 Å². The van der Waals surface area contributed by atoms with E-state index in [1.165, 1.54) is 7.11 Å². The van der Waals surface area contributed by atoms with Crippen LogP contribution >= 0.6 is 0 Å². The molecule has 1 amide bonds. The highest BCUT2D eigenvalue weighted by atomic mass is 19.3. The Kier molecular flexibility index (Phi) is 7.78. The van der Waals surface area contributed by atoms with Gasteiger partial charge in [-0.1, -0.05) is 18.2 Å². The molecule has 0 radical (unpaired) electrons. The van der Waals surface area contributed by atoms with Crippen LogP contribution in [0.25, 0.3) is 10.9 Å². The fourth-order valence-corrected chi connectivity index (χ4v) is 5.52. The number of likely N-dealkylation sites (tertiary alicyclic amines) is 1. The fourth-order valence-electron chi connectivity index (χ4n) is 5.52. The Hall–Kier alpha value is -3.20. The summed E-state index contributed by atoms with van der Waals surface area (Å²) in [7, 11) is 1.50. The topological polar surface area (TPSA) is 79.4 Å². The first kappa shape index (κ1) is 25.9. The molecule has 0 saturated carbocycles. The maximum atomic E-state index is 13.4. The predicted octanol–water partition coefficient (Wildman–Crippen LogP) is 4.42. The molecule has 1 atom stereocenters. The predicted molar refractivity (Wildman–Crippen MR) is 136 cm³/mol. The van der Waals surface area contributed by atoms with Crippen LogP contribution in [0.1, 0.15) is 53.1 Å². The molecule has 4 rings (SSSR count). The number of rotatable bonds is 8. The number of aromatic amines is 1. The van der Waals surface area contributed by atoms with Crippen molar-refractivity contribution >= 4 is 16.8 Å². The average Bonchev–Trinajstić information content (AvgIpc) is 3.14. The van der Waals surface area contributed by atoms with Crippen molar-refractivity contribution in [3.05, 3.63) is 63.2 Å². The van der Waals surface area contributed by atoms with E-state index in [0.717, 1.165) is 29.4 Å². The van der Waals surface area contributed by atoms with Gasteiger partial charge in [0.05, 0.1) is 31.3 Å². The van der Waals surface area contributed by atoms with Crippen LogP contribution in [-0.2, 0) is 6.54 Å². The van der Waals surface area contributed by atoms with Gasteiger partial charge in [-0.25, -0.2) is 8.78 Å². The number of methoxy groups -OCH3 is 1. The zero-order chi connectivity index (χ0) is 26.0. The van der Waals surface area contributed by atoms with Crippen molar-refractivity contribution in [2.24, 2.45) is 5.92 Å². The summed E-state index contributed by atoms with van der Waals surface area (Å²) in [6.07, 6.45) is -0.652. The number of hydrogen-bond donors (Lipinski definition) is 2. The number of hydrogen-bond acceptors (Lipinski definition) is 4. The van der Waals surface area contributed by atoms with Crippen LogP contribution in [0, 0.1) is 19.8 Å². The molecule has 1 aliphatic heterocycles. The van der Waals surface area contributed by atoms with E-state index in [1.807, 2.05) is 36.1 Å². The second kappa shape index (κ2) is 10.8. The smallest absolute Gasteiger partial charge is 0.256 e. The number of benzene rings is 1. The highest BCUT2D eigenvalue weighted by Gasteiger charge is 2.30. The molecule has 194 valence electrons. The number of halogens is 2. The minimum atomic E-state index is -2.31. The summed E-state index contributed by atoms with van der Waals surface area (Å²) >= 11 is 0. The summed E-state index contributed by atoms with van der Waals surface area (Å²) in [5.74, 6) is 0.491. The Morgan fingerprint density at radius 2 is 1.92 bits per heavy atom. The van der Waals surface area contributed by atoms with Gasteiger partial charge in [0.25, 0.3) is 17.9 Å². The number of pyridine rings is 1. The molecule has 0 aliphatic carbocycles. The first-order valence-electron chi connectivity index (χ1n) is 12.4. The zero-order valence-corrected chi connectivity index (χ0v) is 21.2. The third-order valence-electron chi connectivity index (χ3n) is 7.38. The minimum absolute atomic E-state index is 0.0364. The molecular weight excluding hydrogens is 466 g/mol. The number of aromatic nitrogens is 2. The normalized spacial score (nSPS) is 16.0. The van der Waals surface area contributed by atoms with Crippen molar-refractivity contribution < 1.29 is 18.3 Å². The summed E-state index contributed by atoms with van der Waals surface area (Å²) in [5.41, 5.74) is 3.14. The van der Waals surface area contributed by atoms with Gasteiger partial charge in [0.15, 0.2) is 0 Å². The van der Waals surface area contributed by atoms with Gasteiger partial charge in [0, 0.05) is 28.3 Å². The molecule has 1 aromatic carbocycles. The number of nitrogens with one attached hydrogen (secondary N) is 2. The molecular formula is C27H34F2N4O3. The third kappa shape index (κ3) is 5.16. The lowest BCUT2D eigenvalue weighted by Gasteiger charge is -2.36.